The van der Waals surface area contributed by atoms with Crippen LogP contribution in [0.2, 0.25) is 5.02 Å². The Morgan fingerprint density at radius 3 is 2.48 bits per heavy atom. The molecule has 0 aliphatic heterocycles. The lowest BCUT2D eigenvalue weighted by atomic mass is 10.1. The molecule has 0 aliphatic carbocycles. The molecule has 2 N–H and O–H groups in total. The first-order chi connectivity index (χ1) is 10.1. The van der Waals surface area contributed by atoms with E-state index in [9.17, 15) is 9.90 Å². The van der Waals surface area contributed by atoms with Crippen LogP contribution in [0.25, 0.3) is 0 Å². The monoisotopic (exact) mass is 303 g/mol. The van der Waals surface area contributed by atoms with Crippen LogP contribution < -0.4 is 5.32 Å². The zero-order valence-electron chi connectivity index (χ0n) is 11.7. The number of hydrogen-bond donors (Lipinski definition) is 2. The van der Waals surface area contributed by atoms with Crippen molar-refractivity contribution >= 4 is 17.5 Å². The molecule has 0 saturated carbocycles. The number of hydrogen-bond acceptors (Lipinski definition) is 2. The van der Waals surface area contributed by atoms with E-state index in [4.69, 9.17) is 11.6 Å². The van der Waals surface area contributed by atoms with E-state index >= 15 is 0 Å². The number of phenolic OH excluding ortho intramolecular Hbond substituents is 1. The van der Waals surface area contributed by atoms with Crippen molar-refractivity contribution < 1.29 is 9.90 Å². The molecule has 0 spiro atoms. The average Bonchev–Trinajstić information content (AvgIpc) is 2.48. The van der Waals surface area contributed by atoms with Crippen molar-refractivity contribution in [1.29, 1.82) is 0 Å². The van der Waals surface area contributed by atoms with Gasteiger partial charge in [0.2, 0.25) is 5.91 Å². The third-order valence-electron chi connectivity index (χ3n) is 3.25. The molecule has 0 bridgehead atoms. The predicted molar refractivity (Wildman–Crippen MR) is 84.6 cm³/mol. The molecule has 0 fully saturated rings. The first kappa shape index (κ1) is 15.4. The van der Waals surface area contributed by atoms with E-state index in [0.29, 0.717) is 24.4 Å². The van der Waals surface area contributed by atoms with Gasteiger partial charge in [-0.15, -0.1) is 0 Å². The number of aryl methyl sites for hydroxylation is 1. The van der Waals surface area contributed by atoms with Crippen molar-refractivity contribution in [3.63, 3.8) is 0 Å². The zero-order valence-corrected chi connectivity index (χ0v) is 12.4. The minimum absolute atomic E-state index is 0.0219. The Balaban J connectivity index is 1.70. The number of halogens is 1. The lowest BCUT2D eigenvalue weighted by Crippen LogP contribution is -2.25. The number of aromatic hydroxyl groups is 1. The molecule has 0 aliphatic rings. The highest BCUT2D eigenvalue weighted by molar-refractivity contribution is 6.31. The molecule has 110 valence electrons. The van der Waals surface area contributed by atoms with Crippen molar-refractivity contribution in [2.45, 2.75) is 19.3 Å². The Labute approximate surface area is 129 Å². The molecule has 4 heteroatoms. The van der Waals surface area contributed by atoms with Gasteiger partial charge in [-0.1, -0.05) is 41.9 Å². The molecule has 0 radical (unpaired) electrons. The fourth-order valence-corrected chi connectivity index (χ4v) is 2.28. The zero-order chi connectivity index (χ0) is 15.1. The van der Waals surface area contributed by atoms with Gasteiger partial charge in [0.1, 0.15) is 5.75 Å². The Kier molecular flexibility index (Phi) is 5.64. The number of amides is 1. The molecular weight excluding hydrogens is 286 g/mol. The summed E-state index contributed by atoms with van der Waals surface area (Å²) in [5.74, 6) is 0.274. The van der Waals surface area contributed by atoms with Gasteiger partial charge in [0.05, 0.1) is 0 Å². The summed E-state index contributed by atoms with van der Waals surface area (Å²) < 4.78 is 0. The highest BCUT2D eigenvalue weighted by Gasteiger charge is 2.04. The second-order valence-corrected chi connectivity index (χ2v) is 5.27. The van der Waals surface area contributed by atoms with Crippen molar-refractivity contribution in [2.24, 2.45) is 0 Å². The maximum Gasteiger partial charge on any atom is 0.220 e. The quantitative estimate of drug-likeness (QED) is 0.860. The Morgan fingerprint density at radius 2 is 1.76 bits per heavy atom. The fourth-order valence-electron chi connectivity index (χ4n) is 2.05. The summed E-state index contributed by atoms with van der Waals surface area (Å²) >= 11 is 6.05. The van der Waals surface area contributed by atoms with Crippen LogP contribution in [0, 0.1) is 0 Å². The highest BCUT2D eigenvalue weighted by Crippen LogP contribution is 2.16. The van der Waals surface area contributed by atoms with Gasteiger partial charge in [-0.2, -0.15) is 0 Å². The van der Waals surface area contributed by atoms with E-state index in [2.05, 4.69) is 5.32 Å². The number of carbonyl (C=O) groups is 1. The standard InChI is InChI=1S/C17H18ClNO2/c18-16-4-2-1-3-14(16)7-10-17(21)19-12-11-13-5-8-15(20)9-6-13/h1-6,8-9,20H,7,10-12H2,(H,19,21). The molecule has 0 atom stereocenters. The normalized spacial score (nSPS) is 10.3. The summed E-state index contributed by atoms with van der Waals surface area (Å²) in [6.45, 7) is 0.589. The van der Waals surface area contributed by atoms with E-state index in [1.54, 1.807) is 12.1 Å². The van der Waals surface area contributed by atoms with E-state index in [0.717, 1.165) is 17.5 Å². The highest BCUT2D eigenvalue weighted by atomic mass is 35.5. The van der Waals surface area contributed by atoms with Gasteiger partial charge in [-0.05, 0) is 42.2 Å². The van der Waals surface area contributed by atoms with E-state index in [-0.39, 0.29) is 11.7 Å². The summed E-state index contributed by atoms with van der Waals surface area (Å²) in [6, 6.07) is 14.6. The third-order valence-corrected chi connectivity index (χ3v) is 3.62. The summed E-state index contributed by atoms with van der Waals surface area (Å²) in [6.07, 6.45) is 1.82. The second-order valence-electron chi connectivity index (χ2n) is 4.86. The van der Waals surface area contributed by atoms with E-state index < -0.39 is 0 Å². The van der Waals surface area contributed by atoms with Gasteiger partial charge >= 0.3 is 0 Å². The predicted octanol–water partition coefficient (Wildman–Crippen LogP) is 3.34. The van der Waals surface area contributed by atoms with Gasteiger partial charge in [0.25, 0.3) is 0 Å². The maximum atomic E-state index is 11.8. The number of carbonyl (C=O) groups excluding carboxylic acids is 1. The van der Waals surface area contributed by atoms with Gasteiger partial charge in [0.15, 0.2) is 0 Å². The first-order valence-corrected chi connectivity index (χ1v) is 7.31. The number of rotatable bonds is 6. The molecule has 3 nitrogen and oxygen atoms in total. The van der Waals surface area contributed by atoms with Crippen LogP contribution in [0.15, 0.2) is 48.5 Å². The summed E-state index contributed by atoms with van der Waals surface area (Å²) in [7, 11) is 0. The average molecular weight is 304 g/mol. The molecule has 2 rings (SSSR count). The minimum Gasteiger partial charge on any atom is -0.508 e. The molecule has 21 heavy (non-hydrogen) atoms. The van der Waals surface area contributed by atoms with Gasteiger partial charge < -0.3 is 10.4 Å². The summed E-state index contributed by atoms with van der Waals surface area (Å²) in [5.41, 5.74) is 2.08. The Hall–Kier alpha value is -2.00. The topological polar surface area (TPSA) is 49.3 Å². The van der Waals surface area contributed by atoms with Gasteiger partial charge in [-0.25, -0.2) is 0 Å². The van der Waals surface area contributed by atoms with Crippen LogP contribution in [0.1, 0.15) is 17.5 Å². The lowest BCUT2D eigenvalue weighted by Gasteiger charge is -2.06. The molecule has 2 aromatic carbocycles. The Bertz CT molecular complexity index is 596. The van der Waals surface area contributed by atoms with E-state index in [1.807, 2.05) is 36.4 Å². The van der Waals surface area contributed by atoms with Crippen LogP contribution >= 0.6 is 11.6 Å². The smallest absolute Gasteiger partial charge is 0.220 e. The van der Waals surface area contributed by atoms with Crippen LogP contribution in [-0.4, -0.2) is 17.6 Å². The van der Waals surface area contributed by atoms with Crippen molar-refractivity contribution in [3.8, 4) is 5.75 Å². The van der Waals surface area contributed by atoms with Crippen LogP contribution in [0.3, 0.4) is 0 Å². The summed E-state index contributed by atoms with van der Waals surface area (Å²) in [5, 5.41) is 12.8. The molecular formula is C17H18ClNO2. The second kappa shape index (κ2) is 7.70. The van der Waals surface area contributed by atoms with E-state index in [1.165, 1.54) is 0 Å². The van der Waals surface area contributed by atoms with Crippen LogP contribution in [-0.2, 0) is 17.6 Å². The van der Waals surface area contributed by atoms with Crippen LogP contribution in [0.5, 0.6) is 5.75 Å². The SMILES string of the molecule is O=C(CCc1ccccc1Cl)NCCc1ccc(O)cc1. The minimum atomic E-state index is 0.0219. The molecule has 0 heterocycles. The van der Waals surface area contributed by atoms with Crippen LogP contribution in [0.4, 0.5) is 0 Å². The van der Waals surface area contributed by atoms with Crippen molar-refractivity contribution in [2.75, 3.05) is 6.54 Å². The molecule has 0 saturated heterocycles. The van der Waals surface area contributed by atoms with Gasteiger partial charge in [-0.3, -0.25) is 4.79 Å². The molecule has 2 aromatic rings. The Morgan fingerprint density at radius 1 is 1.05 bits per heavy atom. The maximum absolute atomic E-state index is 11.8. The fraction of sp³-hybridized carbons (Fsp3) is 0.235. The molecule has 1 amide bonds. The lowest BCUT2D eigenvalue weighted by molar-refractivity contribution is -0.121. The molecule has 0 unspecified atom stereocenters. The molecule has 0 aromatic heterocycles. The number of phenols is 1. The van der Waals surface area contributed by atoms with Crippen molar-refractivity contribution in [3.05, 3.63) is 64.7 Å². The number of nitrogens with one attached hydrogen (secondary N) is 1. The summed E-state index contributed by atoms with van der Waals surface area (Å²) in [4.78, 5) is 11.8. The third kappa shape index (κ3) is 5.12. The van der Waals surface area contributed by atoms with Gasteiger partial charge in [0, 0.05) is 18.0 Å². The first-order valence-electron chi connectivity index (χ1n) is 6.93. The number of benzene rings is 2. The largest absolute Gasteiger partial charge is 0.508 e. The van der Waals surface area contributed by atoms with Crippen molar-refractivity contribution in [1.82, 2.24) is 5.32 Å².